The fraction of sp³-hybridized carbons (Fsp3) is 0.273. The number of likely N-dealkylation sites (tertiary alicyclic amines) is 1. The standard InChI is InChI=1S/C22H22FN3O/c23-19-11-9-17(10-12-19)20-14-21(25-24-20)22(27)26-13-5-4-8-18(15-26)16-6-2-1-3-7-16/h1-3,6-7,9-12,14,18H,4-5,8,13,15H2,(H,24,25)/t18-/m1/s1. The molecule has 0 saturated carbocycles. The Hall–Kier alpha value is -2.95. The Labute approximate surface area is 158 Å². The lowest BCUT2D eigenvalue weighted by Gasteiger charge is -2.24. The average molecular weight is 363 g/mol. The number of benzene rings is 2. The van der Waals surface area contributed by atoms with Crippen LogP contribution in [0.1, 0.15) is 41.2 Å². The van der Waals surface area contributed by atoms with Crippen molar-refractivity contribution >= 4 is 5.91 Å². The molecule has 27 heavy (non-hydrogen) atoms. The van der Waals surface area contributed by atoms with Gasteiger partial charge in [0.2, 0.25) is 0 Å². The summed E-state index contributed by atoms with van der Waals surface area (Å²) in [7, 11) is 0. The van der Waals surface area contributed by atoms with Crippen LogP contribution in [-0.2, 0) is 0 Å². The molecule has 0 bridgehead atoms. The van der Waals surface area contributed by atoms with Gasteiger partial charge in [-0.25, -0.2) is 4.39 Å². The highest BCUT2D eigenvalue weighted by atomic mass is 19.1. The maximum Gasteiger partial charge on any atom is 0.271 e. The first kappa shape index (κ1) is 17.5. The van der Waals surface area contributed by atoms with Gasteiger partial charge in [0.25, 0.3) is 5.91 Å². The zero-order valence-electron chi connectivity index (χ0n) is 15.1. The van der Waals surface area contributed by atoms with E-state index in [1.807, 2.05) is 11.0 Å². The van der Waals surface area contributed by atoms with Gasteiger partial charge in [0, 0.05) is 24.6 Å². The first-order valence-electron chi connectivity index (χ1n) is 9.36. The molecule has 1 amide bonds. The number of aromatic nitrogens is 2. The number of rotatable bonds is 3. The van der Waals surface area contributed by atoms with Gasteiger partial charge in [-0.2, -0.15) is 5.10 Å². The number of aromatic amines is 1. The maximum absolute atomic E-state index is 13.1. The van der Waals surface area contributed by atoms with Gasteiger partial charge in [-0.1, -0.05) is 36.8 Å². The van der Waals surface area contributed by atoms with Crippen LogP contribution >= 0.6 is 0 Å². The lowest BCUT2D eigenvalue weighted by molar-refractivity contribution is 0.0748. The molecule has 1 aliphatic rings. The van der Waals surface area contributed by atoms with E-state index in [0.717, 1.165) is 31.4 Å². The average Bonchev–Trinajstić information content (AvgIpc) is 3.06. The van der Waals surface area contributed by atoms with Gasteiger partial charge >= 0.3 is 0 Å². The van der Waals surface area contributed by atoms with Gasteiger partial charge in [0.1, 0.15) is 11.5 Å². The number of carbonyl (C=O) groups is 1. The van der Waals surface area contributed by atoms with Crippen LogP contribution in [0.2, 0.25) is 0 Å². The quantitative estimate of drug-likeness (QED) is 0.738. The molecule has 1 atom stereocenters. The minimum atomic E-state index is -0.290. The molecule has 2 aromatic carbocycles. The number of H-pyrrole nitrogens is 1. The normalized spacial score (nSPS) is 17.5. The number of halogens is 1. The first-order chi connectivity index (χ1) is 13.2. The first-order valence-corrected chi connectivity index (χ1v) is 9.36. The summed E-state index contributed by atoms with van der Waals surface area (Å²) in [5, 5.41) is 7.09. The van der Waals surface area contributed by atoms with Crippen molar-refractivity contribution in [1.82, 2.24) is 15.1 Å². The minimum absolute atomic E-state index is 0.0290. The van der Waals surface area contributed by atoms with Gasteiger partial charge in [-0.15, -0.1) is 0 Å². The number of nitrogens with one attached hydrogen (secondary N) is 1. The summed E-state index contributed by atoms with van der Waals surface area (Å²) in [6.07, 6.45) is 3.22. The minimum Gasteiger partial charge on any atom is -0.337 e. The molecule has 1 aromatic heterocycles. The molecule has 4 rings (SSSR count). The van der Waals surface area contributed by atoms with Crippen molar-refractivity contribution in [2.75, 3.05) is 13.1 Å². The molecule has 0 unspecified atom stereocenters. The van der Waals surface area contributed by atoms with E-state index in [2.05, 4.69) is 34.5 Å². The smallest absolute Gasteiger partial charge is 0.271 e. The molecule has 5 heteroatoms. The van der Waals surface area contributed by atoms with Crippen molar-refractivity contribution in [3.63, 3.8) is 0 Å². The summed E-state index contributed by atoms with van der Waals surface area (Å²) < 4.78 is 13.1. The largest absolute Gasteiger partial charge is 0.337 e. The third kappa shape index (κ3) is 3.92. The van der Waals surface area contributed by atoms with Gasteiger partial charge in [-0.3, -0.25) is 9.89 Å². The molecule has 1 N–H and O–H groups in total. The van der Waals surface area contributed by atoms with E-state index in [-0.39, 0.29) is 11.7 Å². The van der Waals surface area contributed by atoms with Gasteiger partial charge in [0.05, 0.1) is 5.69 Å². The Balaban J connectivity index is 1.52. The van der Waals surface area contributed by atoms with E-state index in [9.17, 15) is 9.18 Å². The van der Waals surface area contributed by atoms with E-state index >= 15 is 0 Å². The molecule has 0 spiro atoms. The van der Waals surface area contributed by atoms with Crippen molar-refractivity contribution in [3.8, 4) is 11.3 Å². The van der Waals surface area contributed by atoms with Crippen LogP contribution in [0.5, 0.6) is 0 Å². The maximum atomic E-state index is 13.1. The van der Waals surface area contributed by atoms with E-state index in [4.69, 9.17) is 0 Å². The van der Waals surface area contributed by atoms with Gasteiger partial charge in [0.15, 0.2) is 0 Å². The Kier molecular flexibility index (Phi) is 5.01. The van der Waals surface area contributed by atoms with Crippen molar-refractivity contribution in [2.45, 2.75) is 25.2 Å². The van der Waals surface area contributed by atoms with Crippen LogP contribution in [0.15, 0.2) is 60.7 Å². The monoisotopic (exact) mass is 363 g/mol. The molecule has 2 heterocycles. The topological polar surface area (TPSA) is 49.0 Å². The second-order valence-electron chi connectivity index (χ2n) is 7.03. The second-order valence-corrected chi connectivity index (χ2v) is 7.03. The zero-order valence-corrected chi connectivity index (χ0v) is 15.1. The summed E-state index contributed by atoms with van der Waals surface area (Å²) in [5.41, 5.74) is 3.19. The highest BCUT2D eigenvalue weighted by Crippen LogP contribution is 2.27. The molecule has 138 valence electrons. The third-order valence-electron chi connectivity index (χ3n) is 5.18. The highest BCUT2D eigenvalue weighted by molar-refractivity contribution is 5.93. The predicted octanol–water partition coefficient (Wildman–Crippen LogP) is 4.63. The molecule has 0 radical (unpaired) electrons. The highest BCUT2D eigenvalue weighted by Gasteiger charge is 2.25. The summed E-state index contributed by atoms with van der Waals surface area (Å²) in [4.78, 5) is 14.9. The molecule has 3 aromatic rings. The SMILES string of the molecule is O=C(c1cc(-c2ccc(F)cc2)n[nH]1)N1CCCC[C@@H](c2ccccc2)C1. The van der Waals surface area contributed by atoms with Gasteiger partial charge < -0.3 is 4.90 Å². The number of carbonyl (C=O) groups excluding carboxylic acids is 1. The van der Waals surface area contributed by atoms with Crippen LogP contribution in [0, 0.1) is 5.82 Å². The summed E-state index contributed by atoms with van der Waals surface area (Å²) in [6, 6.07) is 18.3. The van der Waals surface area contributed by atoms with Crippen LogP contribution < -0.4 is 0 Å². The van der Waals surface area contributed by atoms with Crippen molar-refractivity contribution in [3.05, 3.63) is 77.7 Å². The molecular weight excluding hydrogens is 341 g/mol. The van der Waals surface area contributed by atoms with Crippen LogP contribution in [0.25, 0.3) is 11.3 Å². The number of hydrogen-bond acceptors (Lipinski definition) is 2. The van der Waals surface area contributed by atoms with Crippen LogP contribution in [-0.4, -0.2) is 34.1 Å². The molecule has 4 nitrogen and oxygen atoms in total. The van der Waals surface area contributed by atoms with E-state index in [1.165, 1.54) is 17.7 Å². The fourth-order valence-corrected chi connectivity index (χ4v) is 3.69. The van der Waals surface area contributed by atoms with Crippen molar-refractivity contribution in [1.29, 1.82) is 0 Å². The summed E-state index contributed by atoms with van der Waals surface area (Å²) in [5.74, 6) is 0.0398. The summed E-state index contributed by atoms with van der Waals surface area (Å²) in [6.45, 7) is 1.47. The Morgan fingerprint density at radius 3 is 2.63 bits per heavy atom. The lowest BCUT2D eigenvalue weighted by Crippen LogP contribution is -2.34. The third-order valence-corrected chi connectivity index (χ3v) is 5.18. The van der Waals surface area contributed by atoms with Crippen molar-refractivity contribution < 1.29 is 9.18 Å². The molecular formula is C22H22FN3O. The van der Waals surface area contributed by atoms with Gasteiger partial charge in [-0.05, 0) is 48.7 Å². The van der Waals surface area contributed by atoms with E-state index in [1.54, 1.807) is 18.2 Å². The lowest BCUT2D eigenvalue weighted by atomic mass is 9.94. The van der Waals surface area contributed by atoms with E-state index < -0.39 is 0 Å². The van der Waals surface area contributed by atoms with Crippen LogP contribution in [0.4, 0.5) is 4.39 Å². The molecule has 1 aliphatic heterocycles. The number of amides is 1. The fourth-order valence-electron chi connectivity index (χ4n) is 3.69. The van der Waals surface area contributed by atoms with E-state index in [0.29, 0.717) is 23.9 Å². The Bertz CT molecular complexity index is 905. The van der Waals surface area contributed by atoms with Crippen LogP contribution in [0.3, 0.4) is 0 Å². The Morgan fingerprint density at radius 1 is 1.07 bits per heavy atom. The zero-order chi connectivity index (χ0) is 18.6. The molecule has 1 fully saturated rings. The predicted molar refractivity (Wildman–Crippen MR) is 103 cm³/mol. The second kappa shape index (κ2) is 7.74. The number of hydrogen-bond donors (Lipinski definition) is 1. The van der Waals surface area contributed by atoms with Crippen molar-refractivity contribution in [2.24, 2.45) is 0 Å². The molecule has 0 aliphatic carbocycles. The summed E-state index contributed by atoms with van der Waals surface area (Å²) >= 11 is 0. The molecule has 1 saturated heterocycles. The Morgan fingerprint density at radius 2 is 1.85 bits per heavy atom. The number of nitrogens with zero attached hydrogens (tertiary/aromatic N) is 2.